The van der Waals surface area contributed by atoms with Gasteiger partial charge in [0.05, 0.1) is 23.8 Å². The van der Waals surface area contributed by atoms with Crippen LogP contribution in [0.4, 0.5) is 11.4 Å². The van der Waals surface area contributed by atoms with Crippen molar-refractivity contribution in [2.45, 2.75) is 37.8 Å². The van der Waals surface area contributed by atoms with Gasteiger partial charge in [0.15, 0.2) is 0 Å². The minimum absolute atomic E-state index is 0.182. The van der Waals surface area contributed by atoms with E-state index in [2.05, 4.69) is 30.6 Å². The van der Waals surface area contributed by atoms with Gasteiger partial charge in [-0.2, -0.15) is 10.2 Å². The highest BCUT2D eigenvalue weighted by atomic mass is 16.2. The molecule has 0 spiro atoms. The second-order valence-electron chi connectivity index (χ2n) is 8.14. The Morgan fingerprint density at radius 1 is 0.867 bits per heavy atom. The van der Waals surface area contributed by atoms with Crippen LogP contribution in [0.5, 0.6) is 0 Å². The summed E-state index contributed by atoms with van der Waals surface area (Å²) in [5.74, 6) is -1.14. The van der Waals surface area contributed by atoms with E-state index in [1.807, 2.05) is 38.9 Å². The molecule has 2 amide bonds. The van der Waals surface area contributed by atoms with Crippen LogP contribution >= 0.6 is 0 Å². The molecule has 2 atom stereocenters. The number of amides is 2. The summed E-state index contributed by atoms with van der Waals surface area (Å²) >= 11 is 0. The third-order valence-electron chi connectivity index (χ3n) is 6.00. The molecule has 2 saturated heterocycles. The van der Waals surface area contributed by atoms with E-state index in [4.69, 9.17) is 0 Å². The molecule has 2 aromatic heterocycles. The number of carbonyl (C=O) groups excluding carboxylic acids is 2. The molecule has 2 aliphatic rings. The molecule has 10 heteroatoms. The lowest BCUT2D eigenvalue weighted by molar-refractivity contribution is -0.139. The van der Waals surface area contributed by atoms with Gasteiger partial charge in [0, 0.05) is 64.8 Å². The molecule has 2 fully saturated rings. The largest absolute Gasteiger partial charge is 0.364 e. The molecule has 2 aliphatic heterocycles. The Kier molecular flexibility index (Phi) is 5.91. The van der Waals surface area contributed by atoms with Crippen LogP contribution in [-0.4, -0.2) is 69.6 Å². The molecule has 4 heterocycles. The number of hydrogen-bond donors (Lipinski definition) is 2. The summed E-state index contributed by atoms with van der Waals surface area (Å²) in [6.07, 6.45) is 11.7. The lowest BCUT2D eigenvalue weighted by Crippen LogP contribution is -2.48. The van der Waals surface area contributed by atoms with Gasteiger partial charge < -0.3 is 20.4 Å². The SMILES string of the molecule is Cn1cc(N2CCC[C@@H]2CNC(=O)C(=O)NC[C@H]2CCCN2c2cnn(C)c2)cn1. The Morgan fingerprint density at radius 2 is 1.30 bits per heavy atom. The van der Waals surface area contributed by atoms with Gasteiger partial charge >= 0.3 is 11.8 Å². The summed E-state index contributed by atoms with van der Waals surface area (Å²) in [4.78, 5) is 29.1. The molecule has 4 rings (SSSR count). The van der Waals surface area contributed by atoms with Gasteiger partial charge in [-0.05, 0) is 25.7 Å². The monoisotopic (exact) mass is 414 g/mol. The topological polar surface area (TPSA) is 100 Å². The van der Waals surface area contributed by atoms with Crippen molar-refractivity contribution in [3.05, 3.63) is 24.8 Å². The smallest absolute Gasteiger partial charge is 0.309 e. The van der Waals surface area contributed by atoms with Gasteiger partial charge in [-0.25, -0.2) is 0 Å². The fourth-order valence-corrected chi connectivity index (χ4v) is 4.47. The zero-order valence-corrected chi connectivity index (χ0v) is 17.6. The van der Waals surface area contributed by atoms with Crippen LogP contribution in [0.3, 0.4) is 0 Å². The standard InChI is InChI=1S/C20H30N8O2/c1-25-13-17(11-23-25)27-7-3-5-15(27)9-21-19(29)20(30)22-10-16-6-4-8-28(16)18-12-24-26(2)14-18/h11-16H,3-10H2,1-2H3,(H,21,29)(H,22,30)/t15-,16-/m1/s1. The first-order valence-corrected chi connectivity index (χ1v) is 10.6. The van der Waals surface area contributed by atoms with E-state index in [1.54, 1.807) is 9.36 Å². The third-order valence-corrected chi connectivity index (χ3v) is 6.00. The van der Waals surface area contributed by atoms with E-state index in [0.29, 0.717) is 13.1 Å². The molecule has 2 N–H and O–H groups in total. The Balaban J connectivity index is 1.24. The highest BCUT2D eigenvalue weighted by molar-refractivity contribution is 6.35. The van der Waals surface area contributed by atoms with Crippen molar-refractivity contribution >= 4 is 23.2 Å². The molecular weight excluding hydrogens is 384 g/mol. The number of hydrogen-bond acceptors (Lipinski definition) is 6. The number of carbonyl (C=O) groups is 2. The highest BCUT2D eigenvalue weighted by Crippen LogP contribution is 2.25. The Labute approximate surface area is 176 Å². The first-order valence-electron chi connectivity index (χ1n) is 10.6. The molecule has 0 saturated carbocycles. The van der Waals surface area contributed by atoms with Gasteiger partial charge in [-0.1, -0.05) is 0 Å². The molecule has 0 bridgehead atoms. The summed E-state index contributed by atoms with van der Waals surface area (Å²) in [5, 5.41) is 14.1. The normalized spacial score (nSPS) is 21.3. The molecule has 0 unspecified atom stereocenters. The average molecular weight is 415 g/mol. The predicted molar refractivity (Wildman–Crippen MR) is 113 cm³/mol. The third kappa shape index (κ3) is 4.42. The van der Waals surface area contributed by atoms with Crippen molar-refractivity contribution in [3.8, 4) is 0 Å². The van der Waals surface area contributed by atoms with Crippen LogP contribution in [-0.2, 0) is 23.7 Å². The number of nitrogens with zero attached hydrogens (tertiary/aromatic N) is 6. The van der Waals surface area contributed by atoms with Gasteiger partial charge in [-0.15, -0.1) is 0 Å². The van der Waals surface area contributed by atoms with E-state index in [9.17, 15) is 9.59 Å². The number of rotatable bonds is 6. The Bertz CT molecular complexity index is 819. The number of aromatic nitrogens is 4. The molecule has 2 aromatic rings. The van der Waals surface area contributed by atoms with Crippen molar-refractivity contribution < 1.29 is 9.59 Å². The summed E-state index contributed by atoms with van der Waals surface area (Å²) in [6, 6.07) is 0.365. The second-order valence-corrected chi connectivity index (χ2v) is 8.14. The summed E-state index contributed by atoms with van der Waals surface area (Å²) < 4.78 is 3.54. The van der Waals surface area contributed by atoms with Crippen LogP contribution in [0.2, 0.25) is 0 Å². The second kappa shape index (κ2) is 8.76. The maximum atomic E-state index is 12.3. The minimum atomic E-state index is -0.570. The fourth-order valence-electron chi connectivity index (χ4n) is 4.47. The van der Waals surface area contributed by atoms with Crippen molar-refractivity contribution in [1.29, 1.82) is 0 Å². The maximum Gasteiger partial charge on any atom is 0.309 e. The van der Waals surface area contributed by atoms with Gasteiger partial charge in [0.1, 0.15) is 0 Å². The van der Waals surface area contributed by atoms with Crippen molar-refractivity contribution in [2.24, 2.45) is 14.1 Å². The van der Waals surface area contributed by atoms with Crippen LogP contribution in [0.1, 0.15) is 25.7 Å². The molecule has 0 aliphatic carbocycles. The average Bonchev–Trinajstić information content (AvgIpc) is 3.51. The summed E-state index contributed by atoms with van der Waals surface area (Å²) in [7, 11) is 3.78. The van der Waals surface area contributed by atoms with E-state index >= 15 is 0 Å². The van der Waals surface area contributed by atoms with E-state index in [-0.39, 0.29) is 12.1 Å². The molecule has 30 heavy (non-hydrogen) atoms. The molecule has 10 nitrogen and oxygen atoms in total. The summed E-state index contributed by atoms with van der Waals surface area (Å²) in [5.41, 5.74) is 2.10. The fraction of sp³-hybridized carbons (Fsp3) is 0.600. The molecular formula is C20H30N8O2. The van der Waals surface area contributed by atoms with E-state index in [0.717, 1.165) is 50.1 Å². The van der Waals surface area contributed by atoms with Crippen molar-refractivity contribution in [1.82, 2.24) is 30.2 Å². The summed E-state index contributed by atoms with van der Waals surface area (Å²) in [6.45, 7) is 2.77. The number of nitrogens with one attached hydrogen (secondary N) is 2. The maximum absolute atomic E-state index is 12.3. The van der Waals surface area contributed by atoms with E-state index < -0.39 is 11.8 Å². The first kappa shape index (κ1) is 20.2. The molecule has 0 radical (unpaired) electrons. The van der Waals surface area contributed by atoms with Crippen molar-refractivity contribution in [2.75, 3.05) is 36.0 Å². The van der Waals surface area contributed by atoms with Crippen LogP contribution in [0, 0.1) is 0 Å². The predicted octanol–water partition coefficient (Wildman–Crippen LogP) is 0.0238. The van der Waals surface area contributed by atoms with Crippen LogP contribution in [0.15, 0.2) is 24.8 Å². The highest BCUT2D eigenvalue weighted by Gasteiger charge is 2.29. The van der Waals surface area contributed by atoms with Crippen LogP contribution < -0.4 is 20.4 Å². The number of anilines is 2. The van der Waals surface area contributed by atoms with Crippen LogP contribution in [0.25, 0.3) is 0 Å². The van der Waals surface area contributed by atoms with Gasteiger partial charge in [0.25, 0.3) is 0 Å². The van der Waals surface area contributed by atoms with Crippen molar-refractivity contribution in [3.63, 3.8) is 0 Å². The molecule has 0 aromatic carbocycles. The Morgan fingerprint density at radius 3 is 1.67 bits per heavy atom. The zero-order chi connectivity index (χ0) is 21.1. The quantitative estimate of drug-likeness (QED) is 0.647. The Hall–Kier alpha value is -3.04. The molecule has 162 valence electrons. The minimum Gasteiger partial charge on any atom is -0.364 e. The number of aryl methyl sites for hydroxylation is 2. The zero-order valence-electron chi connectivity index (χ0n) is 17.6. The lowest BCUT2D eigenvalue weighted by atomic mass is 10.2. The van der Waals surface area contributed by atoms with Gasteiger partial charge in [-0.3, -0.25) is 19.0 Å². The first-order chi connectivity index (χ1) is 14.5. The van der Waals surface area contributed by atoms with Gasteiger partial charge in [0.2, 0.25) is 0 Å². The van der Waals surface area contributed by atoms with E-state index in [1.165, 1.54) is 0 Å². The lowest BCUT2D eigenvalue weighted by Gasteiger charge is -2.26.